The molecular formula is C16H19N5O4. The van der Waals surface area contributed by atoms with Crippen LogP contribution in [0.3, 0.4) is 0 Å². The number of carbonyl (C=O) groups excluding carboxylic acids is 1. The van der Waals surface area contributed by atoms with Gasteiger partial charge in [0.2, 0.25) is 6.79 Å². The SMILES string of the molecule is Cc1nc([C@H]2CN(C(=O)NCc3ccc4c(c3)OCO4)CCO2)n[nH]1. The van der Waals surface area contributed by atoms with Crippen molar-refractivity contribution in [2.24, 2.45) is 0 Å². The van der Waals surface area contributed by atoms with Crippen LogP contribution in [0.2, 0.25) is 0 Å². The van der Waals surface area contributed by atoms with Gasteiger partial charge in [0.15, 0.2) is 17.3 Å². The molecule has 4 rings (SSSR count). The number of aromatic nitrogens is 3. The highest BCUT2D eigenvalue weighted by Gasteiger charge is 2.28. The van der Waals surface area contributed by atoms with Crippen LogP contribution in [0.1, 0.15) is 23.3 Å². The monoisotopic (exact) mass is 345 g/mol. The molecule has 1 saturated heterocycles. The van der Waals surface area contributed by atoms with E-state index in [2.05, 4.69) is 20.5 Å². The van der Waals surface area contributed by atoms with Crippen LogP contribution in [0, 0.1) is 6.92 Å². The topological polar surface area (TPSA) is 102 Å². The number of amides is 2. The zero-order valence-corrected chi connectivity index (χ0v) is 13.8. The molecule has 1 atom stereocenters. The molecule has 1 aromatic carbocycles. The minimum absolute atomic E-state index is 0.141. The average Bonchev–Trinajstić information content (AvgIpc) is 3.28. The first kappa shape index (κ1) is 15.7. The van der Waals surface area contributed by atoms with E-state index in [1.165, 1.54) is 0 Å². The molecule has 3 heterocycles. The van der Waals surface area contributed by atoms with Gasteiger partial charge in [0.05, 0.1) is 13.2 Å². The van der Waals surface area contributed by atoms with E-state index in [1.54, 1.807) is 4.90 Å². The van der Waals surface area contributed by atoms with Gasteiger partial charge in [0.25, 0.3) is 0 Å². The van der Waals surface area contributed by atoms with Gasteiger partial charge in [-0.05, 0) is 24.6 Å². The van der Waals surface area contributed by atoms with Crippen molar-refractivity contribution in [3.63, 3.8) is 0 Å². The van der Waals surface area contributed by atoms with E-state index in [0.29, 0.717) is 37.8 Å². The highest BCUT2D eigenvalue weighted by Crippen LogP contribution is 2.32. The summed E-state index contributed by atoms with van der Waals surface area (Å²) in [5.74, 6) is 2.74. The van der Waals surface area contributed by atoms with Gasteiger partial charge in [-0.3, -0.25) is 5.10 Å². The lowest BCUT2D eigenvalue weighted by molar-refractivity contribution is -0.0198. The molecule has 0 saturated carbocycles. The number of carbonyl (C=O) groups is 1. The summed E-state index contributed by atoms with van der Waals surface area (Å²) < 4.78 is 16.3. The molecule has 25 heavy (non-hydrogen) atoms. The molecule has 132 valence electrons. The van der Waals surface area contributed by atoms with Crippen LogP contribution < -0.4 is 14.8 Å². The number of rotatable bonds is 3. The van der Waals surface area contributed by atoms with Crippen LogP contribution in [0.25, 0.3) is 0 Å². The third kappa shape index (κ3) is 3.36. The number of hydrogen-bond acceptors (Lipinski definition) is 6. The van der Waals surface area contributed by atoms with Crippen LogP contribution in [0.15, 0.2) is 18.2 Å². The van der Waals surface area contributed by atoms with Crippen molar-refractivity contribution in [2.45, 2.75) is 19.6 Å². The Morgan fingerprint density at radius 3 is 3.12 bits per heavy atom. The van der Waals surface area contributed by atoms with Crippen molar-refractivity contribution in [1.82, 2.24) is 25.4 Å². The Balaban J connectivity index is 1.34. The first-order valence-electron chi connectivity index (χ1n) is 8.11. The van der Waals surface area contributed by atoms with Gasteiger partial charge >= 0.3 is 6.03 Å². The Morgan fingerprint density at radius 2 is 2.28 bits per heavy atom. The second-order valence-electron chi connectivity index (χ2n) is 5.93. The Kier molecular flexibility index (Phi) is 4.14. The maximum atomic E-state index is 12.4. The third-order valence-corrected chi connectivity index (χ3v) is 4.14. The number of hydrogen-bond donors (Lipinski definition) is 2. The molecule has 0 bridgehead atoms. The second kappa shape index (κ2) is 6.60. The number of aryl methyl sites for hydroxylation is 1. The third-order valence-electron chi connectivity index (χ3n) is 4.14. The fraction of sp³-hybridized carbons (Fsp3) is 0.438. The number of fused-ring (bicyclic) bond motifs is 1. The van der Waals surface area contributed by atoms with E-state index in [4.69, 9.17) is 14.2 Å². The van der Waals surface area contributed by atoms with E-state index in [1.807, 2.05) is 25.1 Å². The zero-order chi connectivity index (χ0) is 17.2. The van der Waals surface area contributed by atoms with Gasteiger partial charge in [0.1, 0.15) is 11.9 Å². The molecule has 2 aliphatic heterocycles. The number of urea groups is 1. The van der Waals surface area contributed by atoms with E-state index < -0.39 is 0 Å². The largest absolute Gasteiger partial charge is 0.454 e. The van der Waals surface area contributed by atoms with Crippen molar-refractivity contribution < 1.29 is 19.0 Å². The summed E-state index contributed by atoms with van der Waals surface area (Å²) in [5.41, 5.74) is 0.951. The van der Waals surface area contributed by atoms with E-state index >= 15 is 0 Å². The van der Waals surface area contributed by atoms with E-state index in [0.717, 1.165) is 17.1 Å². The molecule has 2 aromatic rings. The molecular weight excluding hydrogens is 326 g/mol. The van der Waals surface area contributed by atoms with E-state index in [9.17, 15) is 4.79 Å². The Hall–Kier alpha value is -2.81. The van der Waals surface area contributed by atoms with E-state index in [-0.39, 0.29) is 18.9 Å². The maximum Gasteiger partial charge on any atom is 0.317 e. The minimum atomic E-state index is -0.310. The summed E-state index contributed by atoms with van der Waals surface area (Å²) in [6, 6.07) is 5.49. The molecule has 0 unspecified atom stereocenters. The summed E-state index contributed by atoms with van der Waals surface area (Å²) in [6.45, 7) is 3.89. The summed E-state index contributed by atoms with van der Waals surface area (Å²) in [6.07, 6.45) is -0.310. The maximum absolute atomic E-state index is 12.4. The number of H-pyrrole nitrogens is 1. The first-order chi connectivity index (χ1) is 12.2. The van der Waals surface area contributed by atoms with Gasteiger partial charge in [-0.25, -0.2) is 9.78 Å². The fourth-order valence-electron chi connectivity index (χ4n) is 2.83. The van der Waals surface area contributed by atoms with Gasteiger partial charge < -0.3 is 24.4 Å². The van der Waals surface area contributed by atoms with Gasteiger partial charge in [-0.1, -0.05) is 6.07 Å². The number of morpholine rings is 1. The highest BCUT2D eigenvalue weighted by atomic mass is 16.7. The standard InChI is InChI=1S/C16H19N5O4/c1-10-18-15(20-19-10)14-8-21(4-5-23-14)16(22)17-7-11-2-3-12-13(6-11)25-9-24-12/h2-3,6,14H,4-5,7-9H2,1H3,(H,17,22)(H,18,19,20)/t14-/m1/s1. The summed E-state index contributed by atoms with van der Waals surface area (Å²) in [4.78, 5) is 18.4. The van der Waals surface area contributed by atoms with Gasteiger partial charge in [0, 0.05) is 13.1 Å². The lowest BCUT2D eigenvalue weighted by Crippen LogP contribution is -2.47. The average molecular weight is 345 g/mol. The van der Waals surface area contributed by atoms with Crippen LogP contribution >= 0.6 is 0 Å². The highest BCUT2D eigenvalue weighted by molar-refractivity contribution is 5.74. The molecule has 1 aromatic heterocycles. The molecule has 0 aliphatic carbocycles. The van der Waals surface area contributed by atoms with Crippen LogP contribution in [0.4, 0.5) is 4.79 Å². The Labute approximate surface area is 144 Å². The van der Waals surface area contributed by atoms with Crippen molar-refractivity contribution in [1.29, 1.82) is 0 Å². The second-order valence-corrected chi connectivity index (χ2v) is 5.93. The molecule has 2 N–H and O–H groups in total. The molecule has 2 amide bonds. The fourth-order valence-corrected chi connectivity index (χ4v) is 2.83. The summed E-state index contributed by atoms with van der Waals surface area (Å²) in [7, 11) is 0. The van der Waals surface area contributed by atoms with Gasteiger partial charge in [-0.15, -0.1) is 0 Å². The number of ether oxygens (including phenoxy) is 3. The van der Waals surface area contributed by atoms with Crippen LogP contribution in [-0.2, 0) is 11.3 Å². The predicted molar refractivity (Wildman–Crippen MR) is 86.2 cm³/mol. The quantitative estimate of drug-likeness (QED) is 0.864. The normalized spacial score (nSPS) is 19.1. The molecule has 1 fully saturated rings. The van der Waals surface area contributed by atoms with Crippen molar-refractivity contribution in [3.05, 3.63) is 35.4 Å². The lowest BCUT2D eigenvalue weighted by atomic mass is 10.2. The van der Waals surface area contributed by atoms with Crippen molar-refractivity contribution >= 4 is 6.03 Å². The number of aromatic amines is 1. The predicted octanol–water partition coefficient (Wildman–Crippen LogP) is 1.12. The van der Waals surface area contributed by atoms with Gasteiger partial charge in [-0.2, -0.15) is 5.10 Å². The lowest BCUT2D eigenvalue weighted by Gasteiger charge is -2.31. The van der Waals surface area contributed by atoms with Crippen LogP contribution in [-0.4, -0.2) is 52.6 Å². The molecule has 9 heteroatoms. The molecule has 0 radical (unpaired) electrons. The van der Waals surface area contributed by atoms with Crippen LogP contribution in [0.5, 0.6) is 11.5 Å². The van der Waals surface area contributed by atoms with Crippen molar-refractivity contribution in [3.8, 4) is 11.5 Å². The minimum Gasteiger partial charge on any atom is -0.454 e. The number of nitrogens with one attached hydrogen (secondary N) is 2. The molecule has 2 aliphatic rings. The number of benzene rings is 1. The molecule has 0 spiro atoms. The summed E-state index contributed by atoms with van der Waals surface area (Å²) in [5, 5.41) is 9.83. The smallest absolute Gasteiger partial charge is 0.317 e. The Morgan fingerprint density at radius 1 is 1.40 bits per heavy atom. The molecule has 9 nitrogen and oxygen atoms in total. The number of nitrogens with zero attached hydrogens (tertiary/aromatic N) is 3. The summed E-state index contributed by atoms with van der Waals surface area (Å²) >= 11 is 0. The van der Waals surface area contributed by atoms with Crippen molar-refractivity contribution in [2.75, 3.05) is 26.5 Å². The zero-order valence-electron chi connectivity index (χ0n) is 13.8. The first-order valence-corrected chi connectivity index (χ1v) is 8.11. The Bertz CT molecular complexity index is 778.